The summed E-state index contributed by atoms with van der Waals surface area (Å²) >= 11 is 0. The maximum absolute atomic E-state index is 7.45. The first-order chi connectivity index (χ1) is 39.9. The van der Waals surface area contributed by atoms with E-state index in [-0.39, 0.29) is 43.7 Å². The molecule has 11 aromatic rings. The van der Waals surface area contributed by atoms with Crippen LogP contribution in [0, 0.1) is 18.8 Å². The molecule has 0 aliphatic carbocycles. The third kappa shape index (κ3) is 11.0. The van der Waals surface area contributed by atoms with Crippen LogP contribution >= 0.6 is 0 Å². The summed E-state index contributed by atoms with van der Waals surface area (Å²) in [5.74, 6) is 2.53. The van der Waals surface area contributed by atoms with Crippen LogP contribution in [0.15, 0.2) is 225 Å². The molecule has 0 saturated heterocycles. The molecule has 0 radical (unpaired) electrons. The topological polar surface area (TPSA) is 33.5 Å². The fourth-order valence-electron chi connectivity index (χ4n) is 12.2. The van der Waals surface area contributed by atoms with Crippen LogP contribution in [0.25, 0.3) is 55.6 Å². The number of anilines is 2. The van der Waals surface area contributed by atoms with E-state index in [9.17, 15) is 0 Å². The fourth-order valence-corrected chi connectivity index (χ4v) is 12.2. The van der Waals surface area contributed by atoms with Gasteiger partial charge >= 0.3 is 0 Å². The van der Waals surface area contributed by atoms with Gasteiger partial charge in [-0.05, 0) is 120 Å². The summed E-state index contributed by atoms with van der Waals surface area (Å²) in [6, 6.07) is 84.5. The molecule has 0 N–H and O–H groups in total. The second kappa shape index (κ2) is 23.1. The fraction of sp³-hybridized carbons (Fsp3) is 0.205. The Bertz CT molecular complexity index is 4160. The molecule has 0 bridgehead atoms. The van der Waals surface area contributed by atoms with Crippen LogP contribution in [-0.4, -0.2) is 9.55 Å². The molecule has 2 aromatic heterocycles. The van der Waals surface area contributed by atoms with E-state index in [1.165, 1.54) is 38.9 Å². The molecule has 1 aliphatic rings. The zero-order chi connectivity index (χ0) is 57.8. The zero-order valence-corrected chi connectivity index (χ0v) is 52.4. The van der Waals surface area contributed by atoms with E-state index < -0.39 is 5.41 Å². The number of hydrogen-bond donors (Lipinski definition) is 0. The molecule has 1 aliphatic heterocycles. The van der Waals surface area contributed by atoms with Gasteiger partial charge < -0.3 is 19.1 Å². The summed E-state index contributed by atoms with van der Waals surface area (Å²) in [5, 5.41) is 2.25. The Labute approximate surface area is 512 Å². The smallest absolute Gasteiger partial charge is 0.135 e. The van der Waals surface area contributed by atoms with Crippen molar-refractivity contribution in [1.82, 2.24) is 9.55 Å². The molecule has 5 nitrogen and oxygen atoms in total. The van der Waals surface area contributed by atoms with Crippen molar-refractivity contribution < 1.29 is 25.8 Å². The van der Waals surface area contributed by atoms with Crippen LogP contribution < -0.4 is 14.5 Å². The van der Waals surface area contributed by atoms with Crippen LogP contribution in [0.4, 0.5) is 11.4 Å². The number of ether oxygens (including phenoxy) is 1. The maximum Gasteiger partial charge on any atom is 0.135 e. The van der Waals surface area contributed by atoms with Crippen molar-refractivity contribution in [2.24, 2.45) is 0 Å². The minimum Gasteiger partial charge on any atom is -0.509 e. The van der Waals surface area contributed by atoms with E-state index in [4.69, 9.17) is 9.72 Å². The van der Waals surface area contributed by atoms with Crippen molar-refractivity contribution in [2.75, 3.05) is 9.80 Å². The Hall–Kier alpha value is -8.24. The van der Waals surface area contributed by atoms with Crippen LogP contribution in [0.3, 0.4) is 0 Å². The molecular weight excluding hydrogens is 1200 g/mol. The molecule has 6 heteroatoms. The van der Waals surface area contributed by atoms with E-state index in [1.807, 2.05) is 6.20 Å². The number of hydrogen-bond acceptors (Lipinski definition) is 4. The minimum atomic E-state index is -0.456. The molecule has 84 heavy (non-hydrogen) atoms. The van der Waals surface area contributed by atoms with E-state index in [2.05, 4.69) is 328 Å². The zero-order valence-electron chi connectivity index (χ0n) is 50.1. The molecule has 0 atom stereocenters. The van der Waals surface area contributed by atoms with Gasteiger partial charge in [-0.25, -0.2) is 4.98 Å². The van der Waals surface area contributed by atoms with Crippen molar-refractivity contribution in [3.63, 3.8) is 0 Å². The summed E-state index contributed by atoms with van der Waals surface area (Å²) in [4.78, 5) is 9.66. The van der Waals surface area contributed by atoms with Crippen molar-refractivity contribution in [3.05, 3.63) is 288 Å². The van der Waals surface area contributed by atoms with E-state index in [0.717, 1.165) is 72.5 Å². The van der Waals surface area contributed by atoms with Crippen molar-refractivity contribution in [2.45, 2.75) is 104 Å². The van der Waals surface area contributed by atoms with Gasteiger partial charge in [-0.15, -0.1) is 53.8 Å². The van der Waals surface area contributed by atoms with Crippen LogP contribution in [0.5, 0.6) is 11.5 Å². The second-order valence-corrected chi connectivity index (χ2v) is 25.0. The van der Waals surface area contributed by atoms with Crippen LogP contribution in [0.2, 0.25) is 0 Å². The summed E-state index contributed by atoms with van der Waals surface area (Å²) in [6.45, 7) is 27.4. The van der Waals surface area contributed by atoms with Crippen molar-refractivity contribution in [3.8, 4) is 39.6 Å². The Kier molecular flexibility index (Phi) is 15.8. The first-order valence-corrected chi connectivity index (χ1v) is 29.3. The summed E-state index contributed by atoms with van der Waals surface area (Å²) in [6.07, 6.45) is 4.19. The van der Waals surface area contributed by atoms with Gasteiger partial charge in [0.05, 0.1) is 0 Å². The average molecular weight is 1280 g/mol. The number of fused-ring (bicyclic) bond motifs is 3. The number of aromatic nitrogens is 2. The molecule has 12 rings (SSSR count). The van der Waals surface area contributed by atoms with Crippen molar-refractivity contribution >= 4 is 38.9 Å². The second-order valence-electron chi connectivity index (χ2n) is 25.0. The molecule has 3 heterocycles. The number of benzene rings is 9. The SMILES string of the molecule is CC(C)c1cccc(C(C)C)c1-c1cc(Oc2[c-]c3c(c(C(C)(C)c4ccccc4)c2)c2ccccc2n3-c2cc(C(C)(C)C)ccn2)[c-]c(N2C=C(c3ccccc3)N(c3cc(-c4ccccc4)cc(C(C)(C)c4ccccc4)c3)[CH-]2)c1.[Pt]. The van der Waals surface area contributed by atoms with E-state index in [1.54, 1.807) is 0 Å². The Morgan fingerprint density at radius 3 is 1.71 bits per heavy atom. The normalized spacial score (nSPS) is 13.0. The molecule has 0 spiro atoms. The standard InChI is InChI=1S/C78H73N4O.Pt/c1-52(2)66-36-26-37-67(53(3)4)74(66)57-43-62(80-50-72(55-29-18-13-19-30-55)81(51-80)63-42-56(54-27-16-12-17-28-54)41-61(45-63)77(8,9)58-31-20-14-21-32-58)47-64(44-57)83-65-48-69(78(10,11)59-33-22-15-23-34-59)75-68-35-24-25-38-70(68)82(71(75)49-65)73-46-60(39-40-79-73)76(5,6)7;/h12-46,48,50-53H,1-11H3;/q-3;. The molecule has 0 fully saturated rings. The van der Waals surface area contributed by atoms with Gasteiger partial charge in [0.1, 0.15) is 5.82 Å². The Morgan fingerprint density at radius 1 is 0.500 bits per heavy atom. The maximum atomic E-state index is 7.45. The predicted molar refractivity (Wildman–Crippen MR) is 348 cm³/mol. The van der Waals surface area contributed by atoms with Gasteiger partial charge in [-0.3, -0.25) is 0 Å². The molecule has 0 unspecified atom stereocenters. The van der Waals surface area contributed by atoms with Gasteiger partial charge in [0.2, 0.25) is 0 Å². The minimum absolute atomic E-state index is 0. The van der Waals surface area contributed by atoms with Gasteiger partial charge in [-0.1, -0.05) is 251 Å². The summed E-state index contributed by atoms with van der Waals surface area (Å²) in [5.41, 5.74) is 18.3. The first kappa shape index (κ1) is 57.6. The van der Waals surface area contributed by atoms with E-state index >= 15 is 0 Å². The summed E-state index contributed by atoms with van der Waals surface area (Å²) < 4.78 is 9.73. The Balaban J connectivity index is 0.00000736. The molecular formula is C78H73N4OPt-3. The quantitative estimate of drug-likeness (QED) is 0.102. The average Bonchev–Trinajstić information content (AvgIpc) is 1.70. The summed E-state index contributed by atoms with van der Waals surface area (Å²) in [7, 11) is 0. The predicted octanol–water partition coefficient (Wildman–Crippen LogP) is 20.5. The van der Waals surface area contributed by atoms with E-state index in [0.29, 0.717) is 11.5 Å². The van der Waals surface area contributed by atoms with Gasteiger partial charge in [0.15, 0.2) is 0 Å². The van der Waals surface area contributed by atoms with Gasteiger partial charge in [0, 0.05) is 61.1 Å². The van der Waals surface area contributed by atoms with Crippen LogP contribution in [-0.2, 0) is 37.3 Å². The number of nitrogens with zero attached hydrogens (tertiary/aromatic N) is 4. The number of pyridine rings is 1. The first-order valence-electron chi connectivity index (χ1n) is 29.3. The van der Waals surface area contributed by atoms with Crippen LogP contribution in [0.1, 0.15) is 133 Å². The Morgan fingerprint density at radius 2 is 1.08 bits per heavy atom. The molecule has 0 saturated carbocycles. The van der Waals surface area contributed by atoms with Gasteiger partial charge in [0.25, 0.3) is 0 Å². The molecule has 424 valence electrons. The van der Waals surface area contributed by atoms with Crippen molar-refractivity contribution in [1.29, 1.82) is 0 Å². The monoisotopic (exact) mass is 1280 g/mol. The third-order valence-electron chi connectivity index (χ3n) is 17.0. The third-order valence-corrected chi connectivity index (χ3v) is 17.0. The van der Waals surface area contributed by atoms with Gasteiger partial charge in [-0.2, -0.15) is 0 Å². The molecule has 0 amide bonds. The molecule has 9 aromatic carbocycles. The number of rotatable bonds is 14. The largest absolute Gasteiger partial charge is 0.509 e. The number of para-hydroxylation sites is 1.